The molecule has 1 aromatic heterocycles. The van der Waals surface area contributed by atoms with E-state index in [1.807, 2.05) is 18.7 Å². The second-order valence-electron chi connectivity index (χ2n) is 23.7. The number of ether oxygens (including phenoxy) is 9. The molecule has 3 aliphatic rings. The highest BCUT2D eigenvalue weighted by Gasteiger charge is 2.50. The predicted molar refractivity (Wildman–Crippen MR) is 265 cm³/mol. The van der Waals surface area contributed by atoms with E-state index >= 15 is 0 Å². The fourth-order valence-electron chi connectivity index (χ4n) is 9.16. The van der Waals surface area contributed by atoms with Crippen molar-refractivity contribution in [1.29, 1.82) is 0 Å². The lowest BCUT2D eigenvalue weighted by molar-refractivity contribution is -0.374. The van der Waals surface area contributed by atoms with Gasteiger partial charge >= 0.3 is 0 Å². The Labute approximate surface area is 423 Å². The van der Waals surface area contributed by atoms with Gasteiger partial charge in [0, 0.05) is 42.5 Å². The number of aliphatic imine (C=N–C) groups is 1. The van der Waals surface area contributed by atoms with Crippen LogP contribution in [0.4, 0.5) is 0 Å². The van der Waals surface area contributed by atoms with E-state index < -0.39 is 72.2 Å². The Morgan fingerprint density at radius 1 is 0.690 bits per heavy atom. The lowest BCUT2D eigenvalue weighted by Crippen LogP contribution is -2.64. The molecule has 20 nitrogen and oxygen atoms in total. The molecule has 0 aliphatic carbocycles. The van der Waals surface area contributed by atoms with Crippen LogP contribution in [0, 0.1) is 28.1 Å². The zero-order valence-electron chi connectivity index (χ0n) is 45.4. The van der Waals surface area contributed by atoms with E-state index in [2.05, 4.69) is 93.4 Å². The third-order valence-electron chi connectivity index (χ3n) is 12.3. The van der Waals surface area contributed by atoms with Crippen molar-refractivity contribution < 1.29 is 73.3 Å². The van der Waals surface area contributed by atoms with Crippen molar-refractivity contribution in [2.45, 2.75) is 196 Å². The van der Waals surface area contributed by atoms with Gasteiger partial charge in [0.2, 0.25) is 0 Å². The smallest absolute Gasteiger partial charge is 0.189 e. The zero-order valence-corrected chi connectivity index (χ0v) is 45.4. The van der Waals surface area contributed by atoms with Gasteiger partial charge in [-0.25, -0.2) is 4.68 Å². The lowest BCUT2D eigenvalue weighted by atomic mass is 9.83. The van der Waals surface area contributed by atoms with Crippen molar-refractivity contribution in [1.82, 2.24) is 19.9 Å². The van der Waals surface area contributed by atoms with Crippen LogP contribution < -0.4 is 0 Å². The van der Waals surface area contributed by atoms with Crippen LogP contribution in [-0.2, 0) is 55.8 Å². The number of hydrogen-bond donors (Lipinski definition) is 6. The van der Waals surface area contributed by atoms with Crippen molar-refractivity contribution in [2.75, 3.05) is 72.6 Å². The third-order valence-corrected chi connectivity index (χ3v) is 12.3. The first-order valence-electron chi connectivity index (χ1n) is 25.6. The average molecular weight is 1020 g/mol. The molecule has 0 bridgehead atoms. The molecule has 1 aromatic rings. The van der Waals surface area contributed by atoms with Crippen molar-refractivity contribution >= 4 is 5.71 Å². The first-order chi connectivity index (χ1) is 33.1. The Kier molecular flexibility index (Phi) is 23.8. The molecule has 71 heavy (non-hydrogen) atoms. The van der Waals surface area contributed by atoms with Gasteiger partial charge in [0.05, 0.1) is 89.5 Å². The predicted octanol–water partition coefficient (Wildman–Crippen LogP) is 3.47. The lowest BCUT2D eigenvalue weighted by Gasteiger charge is -2.45. The summed E-state index contributed by atoms with van der Waals surface area (Å²) in [5.74, 6) is 0.898. The largest absolute Gasteiger partial charge is 0.388 e. The second kappa shape index (κ2) is 27.5. The van der Waals surface area contributed by atoms with Crippen LogP contribution in [0.3, 0.4) is 0 Å². The zero-order chi connectivity index (χ0) is 52.9. The molecular formula is C51H93N5O15. The summed E-state index contributed by atoms with van der Waals surface area (Å²) in [6.45, 7) is 33.6. The quantitative estimate of drug-likeness (QED) is 0.0646. The fourth-order valence-corrected chi connectivity index (χ4v) is 9.16. The maximum absolute atomic E-state index is 11.1. The molecule has 3 aliphatic heterocycles. The van der Waals surface area contributed by atoms with Crippen LogP contribution in [0.25, 0.3) is 0 Å². The minimum Gasteiger partial charge on any atom is -0.388 e. The summed E-state index contributed by atoms with van der Waals surface area (Å²) in [6, 6.07) is 0. The second-order valence-corrected chi connectivity index (χ2v) is 23.7. The van der Waals surface area contributed by atoms with Crippen molar-refractivity contribution in [3.8, 4) is 0 Å². The van der Waals surface area contributed by atoms with Gasteiger partial charge in [-0.3, -0.25) is 4.99 Å². The highest BCUT2D eigenvalue weighted by molar-refractivity contribution is 5.85. The SMILES string of the molecule is CCOCC(C)(COCc1cn(CC2O[C@H](O[C@H]3OC(CN4C=C(COCC(C)(COCC(C)C)COC(C)CC(C)C)N=C(C)C4)[C@@H](O)C(O)C3O)C(O)C(O)[C@@H]2O)nn1)COC(C)(C)CC(C)(C)C. The van der Waals surface area contributed by atoms with Crippen molar-refractivity contribution in [3.63, 3.8) is 0 Å². The molecule has 0 amide bonds. The van der Waals surface area contributed by atoms with Crippen LogP contribution >= 0.6 is 0 Å². The molecule has 0 spiro atoms. The third kappa shape index (κ3) is 20.4. The summed E-state index contributed by atoms with van der Waals surface area (Å²) in [4.78, 5) is 6.57. The number of rotatable bonds is 30. The van der Waals surface area contributed by atoms with E-state index in [0.29, 0.717) is 82.6 Å². The highest BCUT2D eigenvalue weighted by atomic mass is 16.8. The molecule has 412 valence electrons. The molecular weight excluding hydrogens is 923 g/mol. The highest BCUT2D eigenvalue weighted by Crippen LogP contribution is 2.33. The molecule has 2 fully saturated rings. The monoisotopic (exact) mass is 1020 g/mol. The maximum Gasteiger partial charge on any atom is 0.189 e. The van der Waals surface area contributed by atoms with Gasteiger partial charge in [0.15, 0.2) is 12.6 Å². The van der Waals surface area contributed by atoms with Gasteiger partial charge in [-0.1, -0.05) is 67.5 Å². The van der Waals surface area contributed by atoms with Gasteiger partial charge in [-0.05, 0) is 64.7 Å². The summed E-state index contributed by atoms with van der Waals surface area (Å²) < 4.78 is 56.2. The van der Waals surface area contributed by atoms with E-state index in [-0.39, 0.29) is 43.4 Å². The molecule has 0 radical (unpaired) electrons. The molecule has 0 saturated carbocycles. The van der Waals surface area contributed by atoms with Crippen LogP contribution in [0.2, 0.25) is 0 Å². The molecule has 4 rings (SSSR count). The van der Waals surface area contributed by atoms with E-state index in [9.17, 15) is 30.6 Å². The average Bonchev–Trinajstić information content (AvgIpc) is 3.71. The summed E-state index contributed by atoms with van der Waals surface area (Å²) in [5.41, 5.74) is 0.804. The Hall–Kier alpha value is -2.25. The maximum atomic E-state index is 11.1. The summed E-state index contributed by atoms with van der Waals surface area (Å²) in [7, 11) is 0. The van der Waals surface area contributed by atoms with Crippen LogP contribution in [0.5, 0.6) is 0 Å². The first kappa shape index (κ1) is 61.3. The first-order valence-corrected chi connectivity index (χ1v) is 25.6. The molecule has 13 atom stereocenters. The van der Waals surface area contributed by atoms with Crippen molar-refractivity contribution in [3.05, 3.63) is 23.8 Å². The Morgan fingerprint density at radius 2 is 1.25 bits per heavy atom. The van der Waals surface area contributed by atoms with Crippen LogP contribution in [-0.4, -0.2) is 202 Å². The molecule has 2 saturated heterocycles. The normalized spacial score (nSPS) is 29.0. The molecule has 0 aromatic carbocycles. The van der Waals surface area contributed by atoms with Gasteiger partial charge < -0.3 is 78.2 Å². The standard InChI is InChI=1S/C51H93N5O15/c1-15-63-26-51(14,31-68-49(11,12)25-48(8,9)10)29-66-24-37-19-56(54-53-37)21-39-41(58)43(60)45(62)47(70-39)71-46-44(61)42(59)40(57)38(69-46)20-55-17-34(6)52-36(18-55)23-65-28-50(13,27-64-22-33(4)5)30-67-35(7)16-32(2)3/h18-19,32-33,35,38-47,57-62H,15-17,20-31H2,1-14H3/t35?,38?,39?,40-,41-,42?,43?,44?,45?,46-,47-,50?,51?/m1/s1. The van der Waals surface area contributed by atoms with Gasteiger partial charge in [0.25, 0.3) is 0 Å². The molecule has 20 heteroatoms. The minimum atomic E-state index is -1.78. The summed E-state index contributed by atoms with van der Waals surface area (Å²) in [6.07, 6.45) is -10.3. The summed E-state index contributed by atoms with van der Waals surface area (Å²) >= 11 is 0. The van der Waals surface area contributed by atoms with E-state index in [4.69, 9.17) is 47.6 Å². The van der Waals surface area contributed by atoms with Crippen LogP contribution in [0.1, 0.15) is 115 Å². The topological polar surface area (TPSA) is 251 Å². The van der Waals surface area contributed by atoms with Gasteiger partial charge in [-0.15, -0.1) is 5.10 Å². The summed E-state index contributed by atoms with van der Waals surface area (Å²) in [5, 5.41) is 74.5. The minimum absolute atomic E-state index is 0.0506. The van der Waals surface area contributed by atoms with Crippen molar-refractivity contribution in [2.24, 2.45) is 33.1 Å². The number of nitrogens with zero attached hydrogens (tertiary/aromatic N) is 5. The fraction of sp³-hybridized carbons (Fsp3) is 0.902. The Morgan fingerprint density at radius 3 is 1.83 bits per heavy atom. The number of aliphatic hydroxyl groups excluding tert-OH is 6. The number of hydrogen-bond acceptors (Lipinski definition) is 19. The molecule has 4 heterocycles. The molecule has 6 N–H and O–H groups in total. The van der Waals surface area contributed by atoms with E-state index in [0.717, 1.165) is 18.6 Å². The van der Waals surface area contributed by atoms with Gasteiger partial charge in [-0.2, -0.15) is 0 Å². The van der Waals surface area contributed by atoms with E-state index in [1.165, 1.54) is 4.68 Å². The Bertz CT molecular complexity index is 1780. The molecule has 9 unspecified atom stereocenters. The van der Waals surface area contributed by atoms with Crippen LogP contribution in [0.15, 0.2) is 23.1 Å². The number of aromatic nitrogens is 3. The Balaban J connectivity index is 1.35. The number of aliphatic hydroxyl groups is 6. The van der Waals surface area contributed by atoms with Gasteiger partial charge in [0.1, 0.15) is 54.5 Å². The van der Waals surface area contributed by atoms with E-state index in [1.54, 1.807) is 12.4 Å².